The molecule has 1 aromatic carbocycles. The van der Waals surface area contributed by atoms with Crippen molar-refractivity contribution >= 4 is 33.4 Å². The Labute approximate surface area is 172 Å². The van der Waals surface area contributed by atoms with Crippen LogP contribution in [0.5, 0.6) is 0 Å². The van der Waals surface area contributed by atoms with Gasteiger partial charge in [-0.25, -0.2) is 4.98 Å². The zero-order valence-electron chi connectivity index (χ0n) is 16.8. The van der Waals surface area contributed by atoms with Crippen molar-refractivity contribution in [1.82, 2.24) is 14.9 Å². The second-order valence-electron chi connectivity index (χ2n) is 7.74. The Balaban J connectivity index is 1.75. The third-order valence-electron chi connectivity index (χ3n) is 4.05. The highest BCUT2D eigenvalue weighted by Crippen LogP contribution is 2.30. The van der Waals surface area contributed by atoms with E-state index in [9.17, 15) is 14.4 Å². The molecule has 0 aliphatic rings. The molecule has 0 fully saturated rings. The molecule has 152 valence electrons. The predicted molar refractivity (Wildman–Crippen MR) is 113 cm³/mol. The Morgan fingerprint density at radius 3 is 2.59 bits per heavy atom. The fourth-order valence-corrected chi connectivity index (χ4v) is 3.71. The third-order valence-corrected chi connectivity index (χ3v) is 5.14. The first-order chi connectivity index (χ1) is 13.6. The molecule has 0 saturated carbocycles. The first-order valence-corrected chi connectivity index (χ1v) is 10.0. The monoisotopic (exact) mass is 413 g/mol. The summed E-state index contributed by atoms with van der Waals surface area (Å²) < 4.78 is 6.36. The molecule has 0 saturated heterocycles. The quantitative estimate of drug-likeness (QED) is 0.650. The summed E-state index contributed by atoms with van der Waals surface area (Å²) in [5.74, 6) is -1.07. The molecule has 3 aromatic rings. The maximum atomic E-state index is 12.8. The lowest BCUT2D eigenvalue weighted by atomic mass is 10.1. The molecule has 7 nitrogen and oxygen atoms in total. The maximum Gasteiger partial charge on any atom is 0.326 e. The molecule has 0 aliphatic heterocycles. The number of thiophene rings is 1. The summed E-state index contributed by atoms with van der Waals surface area (Å²) in [6.07, 6.45) is 0.372. The molecule has 0 aliphatic carbocycles. The van der Waals surface area contributed by atoms with E-state index in [2.05, 4.69) is 10.3 Å². The molecule has 0 bridgehead atoms. The van der Waals surface area contributed by atoms with Crippen LogP contribution in [0, 0.1) is 0 Å². The fraction of sp³-hybridized carbons (Fsp3) is 0.333. The first kappa shape index (κ1) is 20.7. The van der Waals surface area contributed by atoms with Gasteiger partial charge in [0.25, 0.3) is 11.5 Å². The van der Waals surface area contributed by atoms with Crippen LogP contribution in [0.4, 0.5) is 0 Å². The van der Waals surface area contributed by atoms with Gasteiger partial charge in [0, 0.05) is 10.4 Å². The van der Waals surface area contributed by atoms with Crippen LogP contribution < -0.4 is 10.9 Å². The van der Waals surface area contributed by atoms with Gasteiger partial charge in [0.2, 0.25) is 0 Å². The first-order valence-electron chi connectivity index (χ1n) is 9.20. The number of fused-ring (bicyclic) bond motifs is 1. The van der Waals surface area contributed by atoms with E-state index in [1.54, 1.807) is 6.07 Å². The lowest BCUT2D eigenvalue weighted by Gasteiger charge is -2.23. The minimum absolute atomic E-state index is 0.314. The number of hydrogen-bond donors (Lipinski definition) is 1. The Bertz CT molecular complexity index is 1100. The number of amides is 1. The van der Waals surface area contributed by atoms with Crippen molar-refractivity contribution in [2.24, 2.45) is 0 Å². The average molecular weight is 413 g/mol. The number of rotatable bonds is 5. The van der Waals surface area contributed by atoms with E-state index in [0.29, 0.717) is 10.2 Å². The van der Waals surface area contributed by atoms with Gasteiger partial charge < -0.3 is 10.1 Å². The molecule has 2 heterocycles. The van der Waals surface area contributed by atoms with Gasteiger partial charge in [-0.15, -0.1) is 11.3 Å². The molecule has 1 amide bonds. The SMILES string of the molecule is C[C@H](OC(=O)Cn1cnc2sc(-c3ccccc3)cc2c1=O)C(=O)NC(C)(C)C. The van der Waals surface area contributed by atoms with Crippen LogP contribution in [0.2, 0.25) is 0 Å². The topological polar surface area (TPSA) is 90.3 Å². The van der Waals surface area contributed by atoms with Crippen LogP contribution in [-0.2, 0) is 20.9 Å². The van der Waals surface area contributed by atoms with Gasteiger partial charge in [0.1, 0.15) is 11.4 Å². The van der Waals surface area contributed by atoms with Gasteiger partial charge >= 0.3 is 5.97 Å². The van der Waals surface area contributed by atoms with Crippen LogP contribution in [0.25, 0.3) is 20.7 Å². The molecular weight excluding hydrogens is 390 g/mol. The van der Waals surface area contributed by atoms with E-state index >= 15 is 0 Å². The minimum atomic E-state index is -0.958. The number of carbonyl (C=O) groups excluding carboxylic acids is 2. The van der Waals surface area contributed by atoms with E-state index in [1.807, 2.05) is 51.1 Å². The van der Waals surface area contributed by atoms with Crippen molar-refractivity contribution in [2.75, 3.05) is 0 Å². The molecule has 8 heteroatoms. The molecule has 0 unspecified atom stereocenters. The number of hydrogen-bond acceptors (Lipinski definition) is 6. The summed E-state index contributed by atoms with van der Waals surface area (Å²) in [7, 11) is 0. The molecule has 1 atom stereocenters. The highest BCUT2D eigenvalue weighted by Gasteiger charge is 2.22. The average Bonchev–Trinajstić information content (AvgIpc) is 3.08. The molecule has 2 aromatic heterocycles. The second-order valence-corrected chi connectivity index (χ2v) is 8.78. The maximum absolute atomic E-state index is 12.8. The smallest absolute Gasteiger partial charge is 0.326 e. The fourth-order valence-electron chi connectivity index (χ4n) is 2.72. The Kier molecular flexibility index (Phi) is 5.83. The van der Waals surface area contributed by atoms with Crippen LogP contribution >= 0.6 is 11.3 Å². The van der Waals surface area contributed by atoms with E-state index < -0.39 is 23.5 Å². The summed E-state index contributed by atoms with van der Waals surface area (Å²) in [5.41, 5.74) is 0.246. The summed E-state index contributed by atoms with van der Waals surface area (Å²) >= 11 is 1.42. The minimum Gasteiger partial charge on any atom is -0.451 e. The van der Waals surface area contributed by atoms with Gasteiger partial charge in [-0.2, -0.15) is 0 Å². The van der Waals surface area contributed by atoms with Gasteiger partial charge in [0.15, 0.2) is 6.10 Å². The molecule has 29 heavy (non-hydrogen) atoms. The zero-order chi connectivity index (χ0) is 21.2. The highest BCUT2D eigenvalue weighted by molar-refractivity contribution is 7.21. The third kappa shape index (κ3) is 5.08. The predicted octanol–water partition coefficient (Wildman–Crippen LogP) is 2.97. The van der Waals surface area contributed by atoms with E-state index in [-0.39, 0.29) is 12.1 Å². The van der Waals surface area contributed by atoms with Crippen LogP contribution in [0.1, 0.15) is 27.7 Å². The van der Waals surface area contributed by atoms with Crippen molar-refractivity contribution in [3.8, 4) is 10.4 Å². The Hall–Kier alpha value is -3.00. The van der Waals surface area contributed by atoms with Crippen molar-refractivity contribution in [1.29, 1.82) is 0 Å². The van der Waals surface area contributed by atoms with Crippen molar-refractivity contribution in [3.63, 3.8) is 0 Å². The van der Waals surface area contributed by atoms with Gasteiger partial charge in [0.05, 0.1) is 11.7 Å². The molecule has 3 rings (SSSR count). The summed E-state index contributed by atoms with van der Waals surface area (Å²) in [5, 5.41) is 3.19. The largest absolute Gasteiger partial charge is 0.451 e. The van der Waals surface area contributed by atoms with Crippen LogP contribution in [-0.4, -0.2) is 33.1 Å². The number of esters is 1. The standard InChI is InChI=1S/C21H23N3O4S/c1-13(18(26)23-21(2,3)4)28-17(25)11-24-12-22-19-15(20(24)27)10-16(29-19)14-8-6-5-7-9-14/h5-10,12-13H,11H2,1-4H3,(H,23,26)/t13-/m0/s1. The van der Waals surface area contributed by atoms with E-state index in [0.717, 1.165) is 10.4 Å². The Morgan fingerprint density at radius 1 is 1.24 bits per heavy atom. The number of nitrogens with zero attached hydrogens (tertiary/aromatic N) is 2. The van der Waals surface area contributed by atoms with Crippen molar-refractivity contribution < 1.29 is 14.3 Å². The highest BCUT2D eigenvalue weighted by atomic mass is 32.1. The molecule has 0 radical (unpaired) electrons. The zero-order valence-corrected chi connectivity index (χ0v) is 17.6. The van der Waals surface area contributed by atoms with E-state index in [1.165, 1.54) is 29.2 Å². The van der Waals surface area contributed by atoms with Crippen LogP contribution in [0.3, 0.4) is 0 Å². The number of carbonyl (C=O) groups is 2. The normalized spacial score (nSPS) is 12.6. The lowest BCUT2D eigenvalue weighted by Crippen LogP contribution is -2.46. The van der Waals surface area contributed by atoms with Gasteiger partial charge in [-0.3, -0.25) is 19.0 Å². The lowest BCUT2D eigenvalue weighted by molar-refractivity contribution is -0.156. The summed E-state index contributed by atoms with van der Waals surface area (Å²) in [4.78, 5) is 42.9. The van der Waals surface area contributed by atoms with E-state index in [4.69, 9.17) is 4.74 Å². The Morgan fingerprint density at radius 2 is 1.93 bits per heavy atom. The van der Waals surface area contributed by atoms with Crippen molar-refractivity contribution in [3.05, 3.63) is 53.1 Å². The molecule has 1 N–H and O–H groups in total. The van der Waals surface area contributed by atoms with Gasteiger partial charge in [-0.05, 0) is 39.3 Å². The number of benzene rings is 1. The number of aromatic nitrogens is 2. The summed E-state index contributed by atoms with van der Waals surface area (Å²) in [6.45, 7) is 6.69. The number of ether oxygens (including phenoxy) is 1. The second kappa shape index (κ2) is 8.16. The molecular formula is C21H23N3O4S. The number of nitrogens with one attached hydrogen (secondary N) is 1. The summed E-state index contributed by atoms with van der Waals surface area (Å²) in [6, 6.07) is 11.5. The van der Waals surface area contributed by atoms with Crippen LogP contribution in [0.15, 0.2) is 47.5 Å². The van der Waals surface area contributed by atoms with Gasteiger partial charge in [-0.1, -0.05) is 30.3 Å². The van der Waals surface area contributed by atoms with Crippen molar-refractivity contribution in [2.45, 2.75) is 45.9 Å². The molecule has 0 spiro atoms.